The van der Waals surface area contributed by atoms with Crippen molar-refractivity contribution >= 4 is 23.3 Å². The summed E-state index contributed by atoms with van der Waals surface area (Å²) < 4.78 is 5.78. The first-order chi connectivity index (χ1) is 11.7. The Morgan fingerprint density at radius 2 is 1.88 bits per heavy atom. The molecule has 1 saturated carbocycles. The van der Waals surface area contributed by atoms with Crippen LogP contribution in [0.3, 0.4) is 0 Å². The van der Waals surface area contributed by atoms with Crippen LogP contribution in [0.4, 0.5) is 5.95 Å². The van der Waals surface area contributed by atoms with Crippen LogP contribution in [0.5, 0.6) is 11.6 Å². The van der Waals surface area contributed by atoms with E-state index in [2.05, 4.69) is 20.6 Å². The normalized spacial score (nSPS) is 14.9. The summed E-state index contributed by atoms with van der Waals surface area (Å²) >= 11 is 5.39. The summed E-state index contributed by atoms with van der Waals surface area (Å²) in [5.41, 5.74) is 0.818. The van der Waals surface area contributed by atoms with Gasteiger partial charge in [-0.15, -0.1) is 0 Å². The molecule has 1 fully saturated rings. The van der Waals surface area contributed by atoms with Crippen LogP contribution in [-0.2, 0) is 0 Å². The first-order valence-corrected chi connectivity index (χ1v) is 8.76. The monoisotopic (exact) mass is 342 g/mol. The van der Waals surface area contributed by atoms with Crippen LogP contribution < -0.4 is 15.4 Å². The lowest BCUT2D eigenvalue weighted by Gasteiger charge is -2.24. The van der Waals surface area contributed by atoms with Gasteiger partial charge in [0, 0.05) is 17.8 Å². The van der Waals surface area contributed by atoms with Crippen LogP contribution >= 0.6 is 12.2 Å². The standard InChI is InChI=1S/C18H22N4OS/c1-13-12-16(23-15-10-6-3-7-11-15)21-17(19-13)22-18(24)20-14-8-4-2-5-9-14/h3,6-7,10-12,14H,2,4-5,8-9H2,1H3,(H2,19,20,21,22,24). The third-order valence-electron chi connectivity index (χ3n) is 3.96. The molecule has 24 heavy (non-hydrogen) atoms. The van der Waals surface area contributed by atoms with Gasteiger partial charge in [0.25, 0.3) is 0 Å². The molecule has 0 saturated heterocycles. The minimum absolute atomic E-state index is 0.448. The van der Waals surface area contributed by atoms with Crippen molar-refractivity contribution in [2.75, 3.05) is 5.32 Å². The highest BCUT2D eigenvalue weighted by molar-refractivity contribution is 7.80. The van der Waals surface area contributed by atoms with Crippen molar-refractivity contribution in [1.29, 1.82) is 0 Å². The second kappa shape index (κ2) is 8.06. The summed E-state index contributed by atoms with van der Waals surface area (Å²) in [6.07, 6.45) is 6.17. The Hall–Kier alpha value is -2.21. The molecule has 1 aromatic carbocycles. The van der Waals surface area contributed by atoms with Crippen molar-refractivity contribution in [2.24, 2.45) is 0 Å². The number of rotatable bonds is 4. The summed E-state index contributed by atoms with van der Waals surface area (Å²) in [7, 11) is 0. The van der Waals surface area contributed by atoms with Gasteiger partial charge >= 0.3 is 0 Å². The van der Waals surface area contributed by atoms with Crippen LogP contribution in [-0.4, -0.2) is 21.1 Å². The Morgan fingerprint density at radius 3 is 2.62 bits per heavy atom. The molecular formula is C18H22N4OS. The predicted molar refractivity (Wildman–Crippen MR) is 99.5 cm³/mol. The van der Waals surface area contributed by atoms with Crippen LogP contribution in [0.2, 0.25) is 0 Å². The van der Waals surface area contributed by atoms with E-state index >= 15 is 0 Å². The highest BCUT2D eigenvalue weighted by Crippen LogP contribution is 2.21. The number of anilines is 1. The van der Waals surface area contributed by atoms with E-state index in [9.17, 15) is 0 Å². The number of hydrogen-bond donors (Lipinski definition) is 2. The molecule has 1 aliphatic carbocycles. The highest BCUT2D eigenvalue weighted by Gasteiger charge is 2.14. The van der Waals surface area contributed by atoms with E-state index in [1.165, 1.54) is 32.1 Å². The second-order valence-corrected chi connectivity index (χ2v) is 6.43. The first-order valence-electron chi connectivity index (χ1n) is 8.35. The van der Waals surface area contributed by atoms with E-state index in [1.807, 2.05) is 37.3 Å². The van der Waals surface area contributed by atoms with Gasteiger partial charge < -0.3 is 15.4 Å². The summed E-state index contributed by atoms with van der Waals surface area (Å²) in [5, 5.41) is 7.00. The van der Waals surface area contributed by atoms with Gasteiger partial charge in [-0.3, -0.25) is 0 Å². The molecule has 2 N–H and O–H groups in total. The number of nitrogens with one attached hydrogen (secondary N) is 2. The average Bonchev–Trinajstić information content (AvgIpc) is 2.56. The van der Waals surface area contributed by atoms with Crippen molar-refractivity contribution in [3.63, 3.8) is 0 Å². The number of hydrogen-bond acceptors (Lipinski definition) is 4. The van der Waals surface area contributed by atoms with E-state index in [-0.39, 0.29) is 0 Å². The SMILES string of the molecule is Cc1cc(Oc2ccccc2)nc(NC(=S)NC2CCCCC2)n1. The van der Waals surface area contributed by atoms with Gasteiger partial charge in [-0.25, -0.2) is 4.98 Å². The number of benzene rings is 1. The van der Waals surface area contributed by atoms with E-state index in [1.54, 1.807) is 6.07 Å². The predicted octanol–water partition coefficient (Wildman–Crippen LogP) is 4.20. The fraction of sp³-hybridized carbons (Fsp3) is 0.389. The average molecular weight is 342 g/mol. The third kappa shape index (κ3) is 4.89. The molecule has 1 heterocycles. The fourth-order valence-electron chi connectivity index (χ4n) is 2.83. The zero-order chi connectivity index (χ0) is 16.8. The number of aromatic nitrogens is 2. The molecule has 5 nitrogen and oxygen atoms in total. The van der Waals surface area contributed by atoms with E-state index < -0.39 is 0 Å². The Labute approximate surface area is 147 Å². The molecule has 1 aliphatic rings. The molecule has 0 amide bonds. The van der Waals surface area contributed by atoms with Crippen LogP contribution in [0.25, 0.3) is 0 Å². The summed E-state index contributed by atoms with van der Waals surface area (Å²) in [5.74, 6) is 1.69. The van der Waals surface area contributed by atoms with Gasteiger partial charge in [0.05, 0.1) is 0 Å². The van der Waals surface area contributed by atoms with Gasteiger partial charge in [-0.2, -0.15) is 4.98 Å². The van der Waals surface area contributed by atoms with Gasteiger partial charge in [-0.1, -0.05) is 37.5 Å². The summed E-state index contributed by atoms with van der Waals surface area (Å²) in [6, 6.07) is 11.8. The zero-order valence-electron chi connectivity index (χ0n) is 13.8. The minimum Gasteiger partial charge on any atom is -0.439 e. The van der Waals surface area contributed by atoms with Crippen molar-refractivity contribution in [3.05, 3.63) is 42.1 Å². The quantitative estimate of drug-likeness (QED) is 0.812. The van der Waals surface area contributed by atoms with Gasteiger partial charge in [0.1, 0.15) is 5.75 Å². The number of ether oxygens (including phenoxy) is 1. The molecule has 3 rings (SSSR count). The first kappa shape index (κ1) is 16.6. The lowest BCUT2D eigenvalue weighted by atomic mass is 9.96. The third-order valence-corrected chi connectivity index (χ3v) is 4.18. The lowest BCUT2D eigenvalue weighted by molar-refractivity contribution is 0.414. The topological polar surface area (TPSA) is 59.1 Å². The number of para-hydroxylation sites is 1. The van der Waals surface area contributed by atoms with Crippen LogP contribution in [0.1, 0.15) is 37.8 Å². The lowest BCUT2D eigenvalue weighted by Crippen LogP contribution is -2.39. The molecule has 0 radical (unpaired) electrons. The largest absolute Gasteiger partial charge is 0.439 e. The van der Waals surface area contributed by atoms with Crippen molar-refractivity contribution in [1.82, 2.24) is 15.3 Å². The minimum atomic E-state index is 0.448. The maximum atomic E-state index is 5.78. The van der Waals surface area contributed by atoms with Gasteiger partial charge in [0.15, 0.2) is 5.11 Å². The number of nitrogens with zero attached hydrogens (tertiary/aromatic N) is 2. The van der Waals surface area contributed by atoms with E-state index in [4.69, 9.17) is 17.0 Å². The molecule has 0 aliphatic heterocycles. The summed E-state index contributed by atoms with van der Waals surface area (Å²) in [4.78, 5) is 8.77. The Bertz CT molecular complexity index is 687. The Balaban J connectivity index is 1.63. The Kier molecular flexibility index (Phi) is 5.59. The molecular weight excluding hydrogens is 320 g/mol. The van der Waals surface area contributed by atoms with Crippen LogP contribution in [0, 0.1) is 6.92 Å². The molecule has 0 spiro atoms. The number of aryl methyl sites for hydroxylation is 1. The van der Waals surface area contributed by atoms with Crippen molar-refractivity contribution in [3.8, 4) is 11.6 Å². The maximum Gasteiger partial charge on any atom is 0.232 e. The molecule has 126 valence electrons. The smallest absolute Gasteiger partial charge is 0.232 e. The fourth-order valence-corrected chi connectivity index (χ4v) is 3.09. The number of thiocarbonyl (C=S) groups is 1. The molecule has 0 bridgehead atoms. The highest BCUT2D eigenvalue weighted by atomic mass is 32.1. The molecule has 2 aromatic rings. The Morgan fingerprint density at radius 1 is 1.12 bits per heavy atom. The van der Waals surface area contributed by atoms with E-state index in [0.717, 1.165) is 11.4 Å². The van der Waals surface area contributed by atoms with E-state index in [0.29, 0.717) is 23.0 Å². The molecule has 6 heteroatoms. The molecule has 0 unspecified atom stereocenters. The molecule has 1 aromatic heterocycles. The van der Waals surface area contributed by atoms with Crippen molar-refractivity contribution in [2.45, 2.75) is 45.1 Å². The molecule has 0 atom stereocenters. The van der Waals surface area contributed by atoms with Gasteiger partial charge in [0.2, 0.25) is 11.8 Å². The second-order valence-electron chi connectivity index (χ2n) is 6.02. The van der Waals surface area contributed by atoms with Crippen molar-refractivity contribution < 1.29 is 4.74 Å². The summed E-state index contributed by atoms with van der Waals surface area (Å²) in [6.45, 7) is 1.91. The van der Waals surface area contributed by atoms with Crippen LogP contribution in [0.15, 0.2) is 36.4 Å². The zero-order valence-corrected chi connectivity index (χ0v) is 14.6. The maximum absolute atomic E-state index is 5.78. The van der Waals surface area contributed by atoms with Gasteiger partial charge in [-0.05, 0) is 44.1 Å².